The Balaban J connectivity index is 2.21. The van der Waals surface area contributed by atoms with Gasteiger partial charge in [-0.2, -0.15) is 0 Å². The van der Waals surface area contributed by atoms with Gasteiger partial charge in [-0.1, -0.05) is 17.7 Å². The minimum Gasteiger partial charge on any atom is -0.356 e. The van der Waals surface area contributed by atoms with Crippen molar-refractivity contribution in [3.8, 4) is 0 Å². The van der Waals surface area contributed by atoms with Crippen LogP contribution in [0.3, 0.4) is 0 Å². The highest BCUT2D eigenvalue weighted by molar-refractivity contribution is 9.10. The quantitative estimate of drug-likeness (QED) is 0.865. The van der Waals surface area contributed by atoms with E-state index in [-0.39, 0.29) is 5.91 Å². The van der Waals surface area contributed by atoms with Gasteiger partial charge in [0.05, 0.1) is 0 Å². The van der Waals surface area contributed by atoms with Crippen LogP contribution in [0.1, 0.15) is 16.1 Å². The van der Waals surface area contributed by atoms with Crippen LogP contribution in [-0.4, -0.2) is 10.9 Å². The summed E-state index contributed by atoms with van der Waals surface area (Å²) in [6.45, 7) is 1.91. The van der Waals surface area contributed by atoms with Gasteiger partial charge in [0.25, 0.3) is 5.91 Å². The molecule has 88 valence electrons. The molecular formula is C12H10BrClN2O. The van der Waals surface area contributed by atoms with Crippen molar-refractivity contribution in [1.29, 1.82) is 0 Å². The van der Waals surface area contributed by atoms with Gasteiger partial charge < -0.3 is 10.3 Å². The molecular weight excluding hydrogens is 304 g/mol. The molecule has 0 bridgehead atoms. The van der Waals surface area contributed by atoms with Gasteiger partial charge in [0.1, 0.15) is 5.69 Å². The Bertz CT molecular complexity index is 565. The van der Waals surface area contributed by atoms with E-state index in [1.807, 2.05) is 13.0 Å². The summed E-state index contributed by atoms with van der Waals surface area (Å²) >= 11 is 9.16. The first-order valence-corrected chi connectivity index (χ1v) is 6.15. The van der Waals surface area contributed by atoms with E-state index in [0.717, 1.165) is 10.0 Å². The molecule has 1 amide bonds. The first-order chi connectivity index (χ1) is 8.06. The molecule has 17 heavy (non-hydrogen) atoms. The number of carbonyl (C=O) groups is 1. The smallest absolute Gasteiger partial charge is 0.272 e. The Hall–Kier alpha value is -1.26. The molecule has 0 unspecified atom stereocenters. The topological polar surface area (TPSA) is 44.9 Å². The van der Waals surface area contributed by atoms with E-state index < -0.39 is 0 Å². The largest absolute Gasteiger partial charge is 0.356 e. The summed E-state index contributed by atoms with van der Waals surface area (Å²) in [6.07, 6.45) is 1.71. The Morgan fingerprint density at radius 1 is 1.41 bits per heavy atom. The van der Waals surface area contributed by atoms with E-state index in [1.165, 1.54) is 0 Å². The number of carbonyl (C=O) groups excluding carboxylic acids is 1. The van der Waals surface area contributed by atoms with Crippen LogP contribution in [0.15, 0.2) is 34.9 Å². The molecule has 1 aromatic carbocycles. The van der Waals surface area contributed by atoms with E-state index in [2.05, 4.69) is 26.2 Å². The number of halogens is 2. The standard InChI is InChI=1S/C12H10BrClN2O/c1-7-2-3-9(14)5-10(7)16-12(17)11-4-8(13)6-15-11/h2-6,15H,1H3,(H,16,17). The maximum absolute atomic E-state index is 11.9. The minimum absolute atomic E-state index is 0.193. The summed E-state index contributed by atoms with van der Waals surface area (Å²) in [7, 11) is 0. The fourth-order valence-electron chi connectivity index (χ4n) is 1.42. The maximum Gasteiger partial charge on any atom is 0.272 e. The molecule has 5 heteroatoms. The molecule has 0 atom stereocenters. The number of benzene rings is 1. The molecule has 0 saturated carbocycles. The van der Waals surface area contributed by atoms with Crippen molar-refractivity contribution < 1.29 is 4.79 Å². The summed E-state index contributed by atoms with van der Waals surface area (Å²) in [6, 6.07) is 7.10. The van der Waals surface area contributed by atoms with Crippen molar-refractivity contribution in [1.82, 2.24) is 4.98 Å². The molecule has 0 spiro atoms. The minimum atomic E-state index is -0.193. The number of anilines is 1. The normalized spacial score (nSPS) is 10.3. The predicted octanol–water partition coefficient (Wildman–Crippen LogP) is 3.99. The molecule has 3 nitrogen and oxygen atoms in total. The van der Waals surface area contributed by atoms with Crippen molar-refractivity contribution in [2.24, 2.45) is 0 Å². The average Bonchev–Trinajstić information content (AvgIpc) is 2.70. The van der Waals surface area contributed by atoms with E-state index in [9.17, 15) is 4.79 Å². The summed E-state index contributed by atoms with van der Waals surface area (Å²) in [5.74, 6) is -0.193. The van der Waals surface area contributed by atoms with Crippen LogP contribution < -0.4 is 5.32 Å². The van der Waals surface area contributed by atoms with Gasteiger partial charge in [-0.15, -0.1) is 0 Å². The van der Waals surface area contributed by atoms with Crippen LogP contribution >= 0.6 is 27.5 Å². The number of aryl methyl sites for hydroxylation is 1. The molecule has 2 rings (SSSR count). The summed E-state index contributed by atoms with van der Waals surface area (Å²) in [5, 5.41) is 3.40. The highest BCUT2D eigenvalue weighted by Crippen LogP contribution is 2.21. The van der Waals surface area contributed by atoms with Gasteiger partial charge >= 0.3 is 0 Å². The fourth-order valence-corrected chi connectivity index (χ4v) is 1.93. The van der Waals surface area contributed by atoms with Crippen molar-refractivity contribution in [2.75, 3.05) is 5.32 Å². The zero-order valence-corrected chi connectivity index (χ0v) is 11.4. The third-order valence-corrected chi connectivity index (χ3v) is 3.03. The van der Waals surface area contributed by atoms with Crippen molar-refractivity contribution in [3.63, 3.8) is 0 Å². The number of hydrogen-bond acceptors (Lipinski definition) is 1. The van der Waals surface area contributed by atoms with Gasteiger partial charge in [-0.25, -0.2) is 0 Å². The van der Waals surface area contributed by atoms with Crippen LogP contribution in [0.2, 0.25) is 5.02 Å². The van der Waals surface area contributed by atoms with E-state index in [4.69, 9.17) is 11.6 Å². The first kappa shape index (κ1) is 12.2. The molecule has 0 aliphatic carbocycles. The Kier molecular flexibility index (Phi) is 3.54. The third-order valence-electron chi connectivity index (χ3n) is 2.34. The summed E-state index contributed by atoms with van der Waals surface area (Å²) < 4.78 is 0.838. The van der Waals surface area contributed by atoms with Crippen molar-refractivity contribution in [3.05, 3.63) is 51.2 Å². The van der Waals surface area contributed by atoms with E-state index in [0.29, 0.717) is 16.4 Å². The van der Waals surface area contributed by atoms with Crippen LogP contribution in [-0.2, 0) is 0 Å². The number of hydrogen-bond donors (Lipinski definition) is 2. The monoisotopic (exact) mass is 312 g/mol. The number of aromatic nitrogens is 1. The van der Waals surface area contributed by atoms with Crippen LogP contribution in [0.25, 0.3) is 0 Å². The van der Waals surface area contributed by atoms with E-state index in [1.54, 1.807) is 24.4 Å². The fraction of sp³-hybridized carbons (Fsp3) is 0.0833. The number of amides is 1. The third kappa shape index (κ3) is 2.90. The first-order valence-electron chi connectivity index (χ1n) is 4.97. The molecule has 1 aromatic heterocycles. The molecule has 0 aliphatic heterocycles. The predicted molar refractivity (Wildman–Crippen MR) is 72.6 cm³/mol. The lowest BCUT2D eigenvalue weighted by atomic mass is 10.2. The van der Waals surface area contributed by atoms with Crippen LogP contribution in [0.5, 0.6) is 0 Å². The number of aromatic amines is 1. The van der Waals surface area contributed by atoms with Gasteiger partial charge in [0.15, 0.2) is 0 Å². The lowest BCUT2D eigenvalue weighted by Gasteiger charge is -2.07. The zero-order valence-electron chi connectivity index (χ0n) is 9.05. The Morgan fingerprint density at radius 2 is 2.18 bits per heavy atom. The highest BCUT2D eigenvalue weighted by Gasteiger charge is 2.09. The molecule has 0 aliphatic rings. The van der Waals surface area contributed by atoms with Crippen LogP contribution in [0.4, 0.5) is 5.69 Å². The molecule has 0 radical (unpaired) electrons. The average molecular weight is 314 g/mol. The molecule has 2 N–H and O–H groups in total. The van der Waals surface area contributed by atoms with Gasteiger partial charge in [-0.05, 0) is 46.6 Å². The van der Waals surface area contributed by atoms with Crippen LogP contribution in [0, 0.1) is 6.92 Å². The van der Waals surface area contributed by atoms with E-state index >= 15 is 0 Å². The maximum atomic E-state index is 11.9. The zero-order chi connectivity index (χ0) is 12.4. The second-order valence-electron chi connectivity index (χ2n) is 3.64. The Morgan fingerprint density at radius 3 is 2.82 bits per heavy atom. The van der Waals surface area contributed by atoms with Gasteiger partial charge in [0, 0.05) is 21.4 Å². The number of H-pyrrole nitrogens is 1. The molecule has 2 aromatic rings. The lowest BCUT2D eigenvalue weighted by Crippen LogP contribution is -2.13. The lowest BCUT2D eigenvalue weighted by molar-refractivity contribution is 0.102. The second kappa shape index (κ2) is 4.94. The molecule has 1 heterocycles. The summed E-state index contributed by atoms with van der Waals surface area (Å²) in [4.78, 5) is 14.8. The SMILES string of the molecule is Cc1ccc(Cl)cc1NC(=O)c1cc(Br)c[nH]1. The van der Waals surface area contributed by atoms with Gasteiger partial charge in [-0.3, -0.25) is 4.79 Å². The molecule has 0 saturated heterocycles. The summed E-state index contributed by atoms with van der Waals surface area (Å²) in [5.41, 5.74) is 2.18. The second-order valence-corrected chi connectivity index (χ2v) is 5.00. The van der Waals surface area contributed by atoms with Crippen molar-refractivity contribution in [2.45, 2.75) is 6.92 Å². The Labute approximate surface area is 112 Å². The van der Waals surface area contributed by atoms with Crippen molar-refractivity contribution >= 4 is 39.1 Å². The molecule has 0 fully saturated rings. The number of rotatable bonds is 2. The van der Waals surface area contributed by atoms with Gasteiger partial charge in [0.2, 0.25) is 0 Å². The number of nitrogens with one attached hydrogen (secondary N) is 2. The highest BCUT2D eigenvalue weighted by atomic mass is 79.9.